The van der Waals surface area contributed by atoms with Crippen LogP contribution in [0.3, 0.4) is 0 Å². The van der Waals surface area contributed by atoms with Crippen LogP contribution in [0.1, 0.15) is 48.4 Å². The monoisotopic (exact) mass is 367 g/mol. The molecule has 1 aliphatic heterocycles. The fourth-order valence-corrected chi connectivity index (χ4v) is 4.26. The van der Waals surface area contributed by atoms with Gasteiger partial charge in [-0.3, -0.25) is 4.98 Å². The van der Waals surface area contributed by atoms with E-state index in [0.29, 0.717) is 22.5 Å². The normalized spacial score (nSPS) is 25.1. The van der Waals surface area contributed by atoms with Crippen molar-refractivity contribution in [2.45, 2.75) is 56.7 Å². The highest BCUT2D eigenvalue weighted by Crippen LogP contribution is 2.38. The van der Waals surface area contributed by atoms with E-state index in [1.54, 1.807) is 13.3 Å². The quantitative estimate of drug-likeness (QED) is 0.612. The number of hydrogen-bond acceptors (Lipinski definition) is 3. The van der Waals surface area contributed by atoms with Gasteiger partial charge in [-0.2, -0.15) is 0 Å². The second kappa shape index (κ2) is 7.62. The Kier molecular flexibility index (Phi) is 5.24. The largest absolute Gasteiger partial charge is 0.497 e. The molecule has 0 N–H and O–H groups in total. The van der Waals surface area contributed by atoms with Crippen LogP contribution in [-0.2, 0) is 17.6 Å². The first-order valence-electron chi connectivity index (χ1n) is 9.37. The molecule has 4 rings (SSSR count). The molecule has 2 radical (unpaired) electrons. The molecular formula is C21H23BClNO2. The molecule has 134 valence electrons. The summed E-state index contributed by atoms with van der Waals surface area (Å²) in [4.78, 5) is 4.73. The van der Waals surface area contributed by atoms with Crippen LogP contribution in [0.15, 0.2) is 30.5 Å². The third-order valence-corrected chi connectivity index (χ3v) is 6.03. The van der Waals surface area contributed by atoms with E-state index in [9.17, 15) is 0 Å². The minimum absolute atomic E-state index is 0.273. The summed E-state index contributed by atoms with van der Waals surface area (Å²) in [5, 5.41) is 0.657. The molecule has 1 aromatic heterocycles. The molecule has 1 saturated heterocycles. The van der Waals surface area contributed by atoms with Gasteiger partial charge in [-0.25, -0.2) is 0 Å². The highest BCUT2D eigenvalue weighted by atomic mass is 35.5. The maximum atomic E-state index is 6.59. The Bertz CT molecular complexity index is 780. The SMILES string of the molecule is [B]c1cnc2c(c1Cl)CC1OC1CCCCC2Cc1ccc(OC)cc1. The van der Waals surface area contributed by atoms with Gasteiger partial charge in [-0.15, -0.1) is 0 Å². The molecule has 1 aliphatic carbocycles. The topological polar surface area (TPSA) is 34.7 Å². The van der Waals surface area contributed by atoms with Gasteiger partial charge in [-0.05, 0) is 42.5 Å². The van der Waals surface area contributed by atoms with E-state index in [1.807, 2.05) is 12.1 Å². The van der Waals surface area contributed by atoms with Gasteiger partial charge in [0.2, 0.25) is 0 Å². The number of epoxide rings is 1. The number of halogens is 1. The summed E-state index contributed by atoms with van der Waals surface area (Å²) in [6, 6.07) is 8.30. The van der Waals surface area contributed by atoms with Crippen LogP contribution in [0.4, 0.5) is 0 Å². The Morgan fingerprint density at radius 3 is 2.73 bits per heavy atom. The molecule has 1 aromatic carbocycles. The van der Waals surface area contributed by atoms with Gasteiger partial charge in [0.1, 0.15) is 13.6 Å². The van der Waals surface area contributed by atoms with Gasteiger partial charge in [0, 0.05) is 29.3 Å². The first-order chi connectivity index (χ1) is 12.7. The lowest BCUT2D eigenvalue weighted by molar-refractivity contribution is 0.358. The number of ether oxygens (including phenoxy) is 2. The molecule has 5 heteroatoms. The Balaban J connectivity index is 1.66. The predicted molar refractivity (Wildman–Crippen MR) is 105 cm³/mol. The maximum Gasteiger partial charge on any atom is 0.118 e. The molecule has 0 spiro atoms. The van der Waals surface area contributed by atoms with E-state index in [1.165, 1.54) is 18.4 Å². The maximum absolute atomic E-state index is 6.59. The van der Waals surface area contributed by atoms with Crippen LogP contribution in [0.25, 0.3) is 0 Å². The van der Waals surface area contributed by atoms with Crippen LogP contribution in [0.5, 0.6) is 5.75 Å². The smallest absolute Gasteiger partial charge is 0.118 e. The van der Waals surface area contributed by atoms with Gasteiger partial charge in [0.15, 0.2) is 0 Å². The van der Waals surface area contributed by atoms with Crippen molar-refractivity contribution in [3.63, 3.8) is 0 Å². The number of aromatic nitrogens is 1. The van der Waals surface area contributed by atoms with Crippen molar-refractivity contribution in [1.82, 2.24) is 4.98 Å². The van der Waals surface area contributed by atoms with Crippen LogP contribution < -0.4 is 10.2 Å². The molecule has 3 nitrogen and oxygen atoms in total. The number of nitrogens with zero attached hydrogens (tertiary/aromatic N) is 1. The molecule has 2 aliphatic rings. The summed E-state index contributed by atoms with van der Waals surface area (Å²) in [5.74, 6) is 1.22. The van der Waals surface area contributed by atoms with E-state index in [2.05, 4.69) is 12.1 Å². The standard InChI is InChI=1S/C21H23BClNO2/c1-25-15-8-6-13(7-9-15)10-14-4-2-3-5-18-19(26-18)11-16-20(23)17(22)12-24-21(14)16/h6-9,12,14,18-19H,2-5,10-11H2,1H3. The zero-order valence-corrected chi connectivity index (χ0v) is 15.8. The minimum Gasteiger partial charge on any atom is -0.497 e. The second-order valence-electron chi connectivity index (χ2n) is 7.34. The van der Waals surface area contributed by atoms with E-state index in [-0.39, 0.29) is 6.10 Å². The molecule has 0 bridgehead atoms. The van der Waals surface area contributed by atoms with Gasteiger partial charge in [-0.1, -0.05) is 42.0 Å². The van der Waals surface area contributed by atoms with Crippen molar-refractivity contribution < 1.29 is 9.47 Å². The summed E-state index contributed by atoms with van der Waals surface area (Å²) in [6.07, 6.45) is 8.75. The van der Waals surface area contributed by atoms with Gasteiger partial charge < -0.3 is 9.47 Å². The minimum atomic E-state index is 0.273. The number of rotatable bonds is 3. The highest BCUT2D eigenvalue weighted by molar-refractivity contribution is 6.45. The fraction of sp³-hybridized carbons (Fsp3) is 0.476. The van der Waals surface area contributed by atoms with Crippen LogP contribution in [0, 0.1) is 0 Å². The third kappa shape index (κ3) is 3.77. The lowest BCUT2D eigenvalue weighted by Crippen LogP contribution is -2.18. The Morgan fingerprint density at radius 2 is 1.96 bits per heavy atom. The molecule has 26 heavy (non-hydrogen) atoms. The summed E-state index contributed by atoms with van der Waals surface area (Å²) in [7, 11) is 7.73. The highest BCUT2D eigenvalue weighted by Gasteiger charge is 2.40. The molecule has 3 unspecified atom stereocenters. The summed E-state index contributed by atoms with van der Waals surface area (Å²) in [5.41, 5.74) is 4.02. The van der Waals surface area contributed by atoms with Crippen LogP contribution in [0.2, 0.25) is 5.02 Å². The van der Waals surface area contributed by atoms with Crippen LogP contribution >= 0.6 is 11.6 Å². The summed E-state index contributed by atoms with van der Waals surface area (Å²) >= 11 is 6.59. The number of pyridine rings is 1. The zero-order chi connectivity index (χ0) is 18.1. The Labute approximate surface area is 161 Å². The van der Waals surface area contributed by atoms with E-state index < -0.39 is 0 Å². The fourth-order valence-electron chi connectivity index (χ4n) is 4.04. The van der Waals surface area contributed by atoms with E-state index >= 15 is 0 Å². The van der Waals surface area contributed by atoms with E-state index in [0.717, 1.165) is 42.7 Å². The predicted octanol–water partition coefficient (Wildman–Crippen LogP) is 3.75. The molecule has 0 amide bonds. The summed E-state index contributed by atoms with van der Waals surface area (Å²) < 4.78 is 11.1. The first kappa shape index (κ1) is 17.9. The number of hydrogen-bond donors (Lipinski definition) is 0. The molecule has 2 aromatic rings. The van der Waals surface area contributed by atoms with Crippen molar-refractivity contribution in [3.8, 4) is 5.75 Å². The lowest BCUT2D eigenvalue weighted by atomic mass is 9.84. The molecule has 1 fully saturated rings. The van der Waals surface area contributed by atoms with Crippen molar-refractivity contribution >= 4 is 24.9 Å². The second-order valence-corrected chi connectivity index (χ2v) is 7.72. The van der Waals surface area contributed by atoms with E-state index in [4.69, 9.17) is 33.9 Å². The van der Waals surface area contributed by atoms with Crippen molar-refractivity contribution in [2.75, 3.05) is 7.11 Å². The van der Waals surface area contributed by atoms with Crippen molar-refractivity contribution in [3.05, 3.63) is 52.3 Å². The molecular weight excluding hydrogens is 345 g/mol. The Hall–Kier alpha value is -1.52. The number of benzene rings is 1. The average molecular weight is 368 g/mol. The molecule has 3 atom stereocenters. The Morgan fingerprint density at radius 1 is 1.19 bits per heavy atom. The van der Waals surface area contributed by atoms with Gasteiger partial charge >= 0.3 is 0 Å². The first-order valence-corrected chi connectivity index (χ1v) is 9.74. The van der Waals surface area contributed by atoms with Gasteiger partial charge in [0.05, 0.1) is 19.3 Å². The average Bonchev–Trinajstić information content (AvgIpc) is 3.40. The van der Waals surface area contributed by atoms with Crippen molar-refractivity contribution in [2.24, 2.45) is 0 Å². The van der Waals surface area contributed by atoms with Crippen LogP contribution in [-0.4, -0.2) is 32.1 Å². The number of fused-ring (bicyclic) bond motifs is 2. The number of methoxy groups -OCH3 is 1. The lowest BCUT2D eigenvalue weighted by Gasteiger charge is -2.22. The summed E-state index contributed by atoms with van der Waals surface area (Å²) in [6.45, 7) is 0. The molecule has 0 saturated carbocycles. The van der Waals surface area contributed by atoms with Gasteiger partial charge in [0.25, 0.3) is 0 Å². The third-order valence-electron chi connectivity index (χ3n) is 5.58. The zero-order valence-electron chi connectivity index (χ0n) is 15.1. The van der Waals surface area contributed by atoms with Crippen molar-refractivity contribution in [1.29, 1.82) is 0 Å². The molecule has 2 heterocycles.